The molecule has 0 aliphatic carbocycles. The summed E-state index contributed by atoms with van der Waals surface area (Å²) in [6.07, 6.45) is -0.388. The number of hydrogen-bond acceptors (Lipinski definition) is 6. The number of amides is 1. The molecule has 1 saturated heterocycles. The Labute approximate surface area is 122 Å². The van der Waals surface area contributed by atoms with Crippen molar-refractivity contribution in [2.24, 2.45) is 5.18 Å². The molecule has 1 aliphatic heterocycles. The predicted molar refractivity (Wildman–Crippen MR) is 76.5 cm³/mol. The summed E-state index contributed by atoms with van der Waals surface area (Å²) in [7, 11) is 0. The summed E-state index contributed by atoms with van der Waals surface area (Å²) in [4.78, 5) is 23.3. The third kappa shape index (κ3) is 3.91. The molecule has 1 fully saturated rings. The lowest BCUT2D eigenvalue weighted by Gasteiger charge is -2.13. The van der Waals surface area contributed by atoms with Gasteiger partial charge in [-0.15, -0.1) is 0 Å². The maximum atomic E-state index is 11.6. The number of aliphatic hydroxyl groups is 1. The molecule has 1 aromatic rings. The van der Waals surface area contributed by atoms with Gasteiger partial charge in [0.25, 0.3) is 0 Å². The molecule has 2 unspecified atom stereocenters. The third-order valence-corrected chi connectivity index (χ3v) is 3.21. The normalized spacial score (nSPS) is 19.2. The Balaban J connectivity index is 1.90. The minimum Gasteiger partial charge on any atom is -0.494 e. The first-order valence-corrected chi connectivity index (χ1v) is 6.78. The Hall–Kier alpha value is -2.15. The molecule has 2 atom stereocenters. The molecule has 7 heteroatoms. The van der Waals surface area contributed by atoms with Crippen LogP contribution in [0, 0.1) is 4.91 Å². The van der Waals surface area contributed by atoms with Crippen molar-refractivity contribution < 1.29 is 19.4 Å². The minimum atomic E-state index is -0.481. The molecule has 0 radical (unpaired) electrons. The molecule has 1 N–H and O–H groups in total. The maximum absolute atomic E-state index is 11.6. The van der Waals surface area contributed by atoms with E-state index in [-0.39, 0.29) is 12.6 Å². The summed E-state index contributed by atoms with van der Waals surface area (Å²) in [6.45, 7) is 2.28. The second-order valence-electron chi connectivity index (χ2n) is 4.88. The number of cyclic esters (lactones) is 1. The summed E-state index contributed by atoms with van der Waals surface area (Å²) in [5.41, 5.74) is 0.686. The van der Waals surface area contributed by atoms with E-state index in [0.29, 0.717) is 31.0 Å². The van der Waals surface area contributed by atoms with Crippen molar-refractivity contribution in [3.63, 3.8) is 0 Å². The molecule has 1 aromatic carbocycles. The van der Waals surface area contributed by atoms with Crippen LogP contribution in [-0.4, -0.2) is 43.1 Å². The minimum absolute atomic E-state index is 0.188. The standard InChI is InChI=1S/C14H18N2O5/c1-10(15-19)6-7-20-12-4-2-11(3-5-12)16-8-13(9-17)21-14(16)18/h2-5,10,13,17H,6-9H2,1H3. The molecule has 0 saturated carbocycles. The molecule has 1 aliphatic rings. The second-order valence-corrected chi connectivity index (χ2v) is 4.88. The summed E-state index contributed by atoms with van der Waals surface area (Å²) >= 11 is 0. The lowest BCUT2D eigenvalue weighted by molar-refractivity contribution is 0.0963. The predicted octanol–water partition coefficient (Wildman–Crippen LogP) is 1.93. The third-order valence-electron chi connectivity index (χ3n) is 3.21. The topological polar surface area (TPSA) is 88.4 Å². The van der Waals surface area contributed by atoms with Crippen LogP contribution in [0.1, 0.15) is 13.3 Å². The molecular weight excluding hydrogens is 276 g/mol. The van der Waals surface area contributed by atoms with E-state index >= 15 is 0 Å². The molecule has 7 nitrogen and oxygen atoms in total. The van der Waals surface area contributed by atoms with E-state index < -0.39 is 12.2 Å². The quantitative estimate of drug-likeness (QED) is 0.776. The van der Waals surface area contributed by atoms with E-state index in [1.165, 1.54) is 4.90 Å². The average molecular weight is 294 g/mol. The largest absolute Gasteiger partial charge is 0.494 e. The number of hydrogen-bond donors (Lipinski definition) is 1. The molecule has 2 rings (SSSR count). The lowest BCUT2D eigenvalue weighted by Crippen LogP contribution is -2.25. The zero-order valence-corrected chi connectivity index (χ0v) is 11.8. The van der Waals surface area contributed by atoms with Gasteiger partial charge in [-0.05, 0) is 31.2 Å². The Kier molecular flexibility index (Phi) is 5.10. The summed E-state index contributed by atoms with van der Waals surface area (Å²) in [6, 6.07) is 6.72. The van der Waals surface area contributed by atoms with Gasteiger partial charge in [-0.2, -0.15) is 4.91 Å². The van der Waals surface area contributed by atoms with Gasteiger partial charge in [-0.3, -0.25) is 4.90 Å². The van der Waals surface area contributed by atoms with Gasteiger partial charge in [-0.1, -0.05) is 5.18 Å². The highest BCUT2D eigenvalue weighted by molar-refractivity contribution is 5.89. The van der Waals surface area contributed by atoms with Crippen molar-refractivity contribution in [3.05, 3.63) is 29.2 Å². The van der Waals surface area contributed by atoms with E-state index in [9.17, 15) is 9.70 Å². The zero-order chi connectivity index (χ0) is 15.2. The fraction of sp³-hybridized carbons (Fsp3) is 0.500. The number of carbonyl (C=O) groups excluding carboxylic acids is 1. The van der Waals surface area contributed by atoms with Crippen LogP contribution in [-0.2, 0) is 4.74 Å². The Bertz CT molecular complexity index is 491. The number of benzene rings is 1. The molecule has 21 heavy (non-hydrogen) atoms. The summed E-state index contributed by atoms with van der Waals surface area (Å²) in [5, 5.41) is 11.9. The smallest absolute Gasteiger partial charge is 0.414 e. The van der Waals surface area contributed by atoms with Crippen molar-refractivity contribution in [3.8, 4) is 5.75 Å². The van der Waals surface area contributed by atoms with Crippen LogP contribution >= 0.6 is 0 Å². The van der Waals surface area contributed by atoms with Crippen molar-refractivity contribution in [1.82, 2.24) is 0 Å². The summed E-state index contributed by atoms with van der Waals surface area (Å²) < 4.78 is 10.5. The number of nitroso groups, excluding NO2 is 1. The average Bonchev–Trinajstić information content (AvgIpc) is 2.89. The zero-order valence-electron chi connectivity index (χ0n) is 11.8. The van der Waals surface area contributed by atoms with Gasteiger partial charge >= 0.3 is 6.09 Å². The first kappa shape index (κ1) is 15.2. The van der Waals surface area contributed by atoms with Crippen LogP contribution in [0.5, 0.6) is 5.75 Å². The van der Waals surface area contributed by atoms with E-state index in [1.807, 2.05) is 0 Å². The van der Waals surface area contributed by atoms with E-state index in [0.717, 1.165) is 0 Å². The van der Waals surface area contributed by atoms with E-state index in [2.05, 4.69) is 5.18 Å². The number of ether oxygens (including phenoxy) is 2. The maximum Gasteiger partial charge on any atom is 0.414 e. The molecule has 0 bridgehead atoms. The second kappa shape index (κ2) is 7.03. The van der Waals surface area contributed by atoms with Crippen LogP contribution in [0.4, 0.5) is 10.5 Å². The Morgan fingerprint density at radius 3 is 2.76 bits per heavy atom. The molecule has 0 spiro atoms. The fourth-order valence-electron chi connectivity index (χ4n) is 1.95. The SMILES string of the molecule is CC(CCOc1ccc(N2CC(CO)OC2=O)cc1)N=O. The van der Waals surface area contributed by atoms with Crippen LogP contribution in [0.2, 0.25) is 0 Å². The molecular formula is C14H18N2O5. The van der Waals surface area contributed by atoms with Crippen LogP contribution in [0.25, 0.3) is 0 Å². The Morgan fingerprint density at radius 1 is 1.48 bits per heavy atom. The van der Waals surface area contributed by atoms with E-state index in [4.69, 9.17) is 14.6 Å². The monoisotopic (exact) mass is 294 g/mol. The van der Waals surface area contributed by atoms with Gasteiger partial charge < -0.3 is 14.6 Å². The number of nitrogens with zero attached hydrogens (tertiary/aromatic N) is 2. The van der Waals surface area contributed by atoms with Gasteiger partial charge in [0.05, 0.1) is 25.8 Å². The Morgan fingerprint density at radius 2 is 2.19 bits per heavy atom. The van der Waals surface area contributed by atoms with Gasteiger partial charge in [0.2, 0.25) is 0 Å². The molecule has 0 aromatic heterocycles. The van der Waals surface area contributed by atoms with Crippen LogP contribution in [0.3, 0.4) is 0 Å². The van der Waals surface area contributed by atoms with Gasteiger partial charge in [0.1, 0.15) is 11.9 Å². The first-order chi connectivity index (χ1) is 10.1. The summed E-state index contributed by atoms with van der Waals surface area (Å²) in [5.74, 6) is 0.656. The van der Waals surface area contributed by atoms with Gasteiger partial charge in [0.15, 0.2) is 0 Å². The van der Waals surface area contributed by atoms with Gasteiger partial charge in [0, 0.05) is 12.1 Å². The van der Waals surface area contributed by atoms with Crippen molar-refractivity contribution in [1.29, 1.82) is 0 Å². The highest BCUT2D eigenvalue weighted by Gasteiger charge is 2.31. The van der Waals surface area contributed by atoms with Crippen molar-refractivity contribution in [2.45, 2.75) is 25.5 Å². The highest BCUT2D eigenvalue weighted by atomic mass is 16.6. The van der Waals surface area contributed by atoms with Crippen LogP contribution in [0.15, 0.2) is 29.4 Å². The molecule has 114 valence electrons. The van der Waals surface area contributed by atoms with E-state index in [1.54, 1.807) is 31.2 Å². The van der Waals surface area contributed by atoms with Gasteiger partial charge in [-0.25, -0.2) is 4.79 Å². The van der Waals surface area contributed by atoms with Crippen molar-refractivity contribution >= 4 is 11.8 Å². The first-order valence-electron chi connectivity index (χ1n) is 6.78. The lowest BCUT2D eigenvalue weighted by atomic mass is 10.2. The molecule has 1 heterocycles. The number of rotatable bonds is 7. The number of carbonyl (C=O) groups is 1. The van der Waals surface area contributed by atoms with Crippen molar-refractivity contribution in [2.75, 3.05) is 24.7 Å². The highest BCUT2D eigenvalue weighted by Crippen LogP contribution is 2.24. The number of anilines is 1. The molecule has 1 amide bonds. The fourth-order valence-corrected chi connectivity index (χ4v) is 1.95. The van der Waals surface area contributed by atoms with Crippen LogP contribution < -0.4 is 9.64 Å². The number of aliphatic hydroxyl groups excluding tert-OH is 1.